The van der Waals surface area contributed by atoms with Crippen molar-refractivity contribution in [2.24, 2.45) is 22.7 Å². The van der Waals surface area contributed by atoms with Crippen LogP contribution in [0.25, 0.3) is 0 Å². The van der Waals surface area contributed by atoms with Gasteiger partial charge in [-0.05, 0) is 24.7 Å². The van der Waals surface area contributed by atoms with Crippen molar-refractivity contribution >= 4 is 21.8 Å². The zero-order valence-electron chi connectivity index (χ0n) is 16.3. The van der Waals surface area contributed by atoms with Gasteiger partial charge in [-0.15, -0.1) is 0 Å². The Labute approximate surface area is 156 Å². The second kappa shape index (κ2) is 7.20. The molecule has 0 aromatic rings. The van der Waals surface area contributed by atoms with E-state index < -0.39 is 15.6 Å². The number of sulfonamides is 1. The highest BCUT2D eigenvalue weighted by Gasteiger charge is 2.61. The SMILES string of the molecule is CCC1=N[C@@]2(CC[C@@H]3CN(S(=O)(=O)CC(C)C)C[C@@H]32)C(=O)N1CCOC. The number of methoxy groups -OCH3 is 1. The van der Waals surface area contributed by atoms with Crippen LogP contribution >= 0.6 is 0 Å². The van der Waals surface area contributed by atoms with Gasteiger partial charge in [0.1, 0.15) is 11.4 Å². The molecule has 0 aromatic heterocycles. The van der Waals surface area contributed by atoms with Crippen molar-refractivity contribution in [3.63, 3.8) is 0 Å². The molecule has 1 saturated carbocycles. The number of carbonyl (C=O) groups is 1. The second-order valence-corrected chi connectivity index (χ2v) is 10.2. The van der Waals surface area contributed by atoms with Crippen molar-refractivity contribution in [2.45, 2.75) is 45.6 Å². The summed E-state index contributed by atoms with van der Waals surface area (Å²) >= 11 is 0. The Balaban J connectivity index is 1.83. The van der Waals surface area contributed by atoms with Crippen LogP contribution in [0, 0.1) is 17.8 Å². The number of carbonyl (C=O) groups excluding carboxylic acids is 1. The lowest BCUT2D eigenvalue weighted by molar-refractivity contribution is -0.132. The number of nitrogens with zero attached hydrogens (tertiary/aromatic N) is 3. The minimum atomic E-state index is -3.27. The second-order valence-electron chi connectivity index (χ2n) is 8.15. The molecule has 26 heavy (non-hydrogen) atoms. The molecule has 0 N–H and O–H groups in total. The third-order valence-corrected chi connectivity index (χ3v) is 8.12. The maximum atomic E-state index is 13.3. The summed E-state index contributed by atoms with van der Waals surface area (Å²) in [5, 5.41) is 0. The van der Waals surface area contributed by atoms with E-state index in [1.54, 1.807) is 16.3 Å². The Morgan fingerprint density at radius 3 is 2.69 bits per heavy atom. The van der Waals surface area contributed by atoms with Crippen molar-refractivity contribution in [2.75, 3.05) is 39.1 Å². The standard InChI is InChI=1S/C18H31N3O4S/c1-5-16-19-18(17(22)21(16)8-9-25-4)7-6-14-10-20(11-15(14)18)26(23,24)12-13(2)3/h13-15H,5-12H2,1-4H3/t14-,15+,18-/m1/s1. The Morgan fingerprint density at radius 1 is 1.35 bits per heavy atom. The first-order valence-electron chi connectivity index (χ1n) is 9.62. The lowest BCUT2D eigenvalue weighted by atomic mass is 9.85. The quantitative estimate of drug-likeness (QED) is 0.663. The summed E-state index contributed by atoms with van der Waals surface area (Å²) in [5.41, 5.74) is -0.758. The monoisotopic (exact) mass is 385 g/mol. The van der Waals surface area contributed by atoms with Crippen molar-refractivity contribution in [3.05, 3.63) is 0 Å². The fourth-order valence-corrected chi connectivity index (χ4v) is 6.65. The topological polar surface area (TPSA) is 79.3 Å². The van der Waals surface area contributed by atoms with E-state index in [0.717, 1.165) is 18.7 Å². The summed E-state index contributed by atoms with van der Waals surface area (Å²) in [6.45, 7) is 7.78. The van der Waals surface area contributed by atoms with Crippen LogP contribution in [0.2, 0.25) is 0 Å². The van der Waals surface area contributed by atoms with Crippen LogP contribution in [-0.2, 0) is 19.6 Å². The van der Waals surface area contributed by atoms with Crippen molar-refractivity contribution in [1.29, 1.82) is 0 Å². The molecule has 1 aliphatic carbocycles. The van der Waals surface area contributed by atoms with E-state index in [9.17, 15) is 13.2 Å². The number of hydrogen-bond donors (Lipinski definition) is 0. The van der Waals surface area contributed by atoms with Gasteiger partial charge in [-0.2, -0.15) is 0 Å². The predicted octanol–water partition coefficient (Wildman–Crippen LogP) is 1.35. The van der Waals surface area contributed by atoms with E-state index in [2.05, 4.69) is 0 Å². The largest absolute Gasteiger partial charge is 0.383 e. The molecule has 3 rings (SSSR count). The Morgan fingerprint density at radius 2 is 2.08 bits per heavy atom. The molecule has 1 spiro atoms. The number of amidine groups is 1. The molecule has 0 unspecified atom stereocenters. The third kappa shape index (κ3) is 3.20. The minimum absolute atomic E-state index is 0.00830. The van der Waals surface area contributed by atoms with Gasteiger partial charge in [-0.1, -0.05) is 20.8 Å². The molecule has 148 valence electrons. The third-order valence-electron chi connectivity index (χ3n) is 5.95. The Kier molecular flexibility index (Phi) is 5.48. The predicted molar refractivity (Wildman–Crippen MR) is 100 cm³/mol. The van der Waals surface area contributed by atoms with Crippen LogP contribution in [0.1, 0.15) is 40.0 Å². The fourth-order valence-electron chi connectivity index (χ4n) is 4.79. The number of rotatable bonds is 7. The number of ether oxygens (including phenoxy) is 1. The Bertz CT molecular complexity index is 691. The van der Waals surface area contributed by atoms with Crippen molar-refractivity contribution in [3.8, 4) is 0 Å². The molecular formula is C18H31N3O4S. The van der Waals surface area contributed by atoms with Crippen molar-refractivity contribution < 1.29 is 17.9 Å². The molecular weight excluding hydrogens is 354 g/mol. The molecule has 7 nitrogen and oxygen atoms in total. The molecule has 1 amide bonds. The molecule has 0 radical (unpaired) electrons. The lowest BCUT2D eigenvalue weighted by Gasteiger charge is -2.28. The zero-order valence-corrected chi connectivity index (χ0v) is 17.1. The van der Waals surface area contributed by atoms with Gasteiger partial charge in [-0.3, -0.25) is 14.7 Å². The first kappa shape index (κ1) is 19.8. The van der Waals surface area contributed by atoms with Crippen LogP contribution in [0.4, 0.5) is 0 Å². The fraction of sp³-hybridized carbons (Fsp3) is 0.889. The smallest absolute Gasteiger partial charge is 0.256 e. The first-order valence-corrected chi connectivity index (χ1v) is 11.2. The van der Waals surface area contributed by atoms with Crippen LogP contribution < -0.4 is 0 Å². The van der Waals surface area contributed by atoms with Gasteiger partial charge in [0.2, 0.25) is 10.0 Å². The number of fused-ring (bicyclic) bond motifs is 2. The maximum Gasteiger partial charge on any atom is 0.256 e. The van der Waals surface area contributed by atoms with Crippen LogP contribution in [-0.4, -0.2) is 74.0 Å². The lowest BCUT2D eigenvalue weighted by Crippen LogP contribution is -2.47. The summed E-state index contributed by atoms with van der Waals surface area (Å²) in [6, 6.07) is 0. The highest BCUT2D eigenvalue weighted by atomic mass is 32.2. The van der Waals surface area contributed by atoms with Gasteiger partial charge in [-0.25, -0.2) is 12.7 Å². The summed E-state index contributed by atoms with van der Waals surface area (Å²) in [7, 11) is -1.65. The number of amides is 1. The van der Waals surface area contributed by atoms with Gasteiger partial charge in [0, 0.05) is 32.5 Å². The summed E-state index contributed by atoms with van der Waals surface area (Å²) in [5.74, 6) is 1.34. The average Bonchev–Trinajstić information content (AvgIpc) is 3.20. The molecule has 8 heteroatoms. The van der Waals surface area contributed by atoms with Gasteiger partial charge in [0.05, 0.1) is 18.9 Å². The van der Waals surface area contributed by atoms with E-state index in [1.807, 2.05) is 20.8 Å². The number of hydrogen-bond acceptors (Lipinski definition) is 5. The van der Waals surface area contributed by atoms with Crippen molar-refractivity contribution in [1.82, 2.24) is 9.21 Å². The van der Waals surface area contributed by atoms with Crippen LogP contribution in [0.3, 0.4) is 0 Å². The highest BCUT2D eigenvalue weighted by molar-refractivity contribution is 7.89. The molecule has 0 aromatic carbocycles. The van der Waals surface area contributed by atoms with E-state index >= 15 is 0 Å². The average molecular weight is 386 g/mol. The molecule has 1 saturated heterocycles. The summed E-state index contributed by atoms with van der Waals surface area (Å²) in [6.07, 6.45) is 2.29. The van der Waals surface area contributed by atoms with Gasteiger partial charge in [0.15, 0.2) is 0 Å². The molecule has 2 aliphatic heterocycles. The minimum Gasteiger partial charge on any atom is -0.383 e. The van der Waals surface area contributed by atoms with Gasteiger partial charge in [0.25, 0.3) is 5.91 Å². The van der Waals surface area contributed by atoms with Crippen LogP contribution in [0.15, 0.2) is 4.99 Å². The first-order chi connectivity index (χ1) is 12.2. The van der Waals surface area contributed by atoms with E-state index in [1.165, 1.54) is 0 Å². The van der Waals surface area contributed by atoms with E-state index in [0.29, 0.717) is 32.7 Å². The zero-order chi connectivity index (χ0) is 19.1. The van der Waals surface area contributed by atoms with E-state index in [4.69, 9.17) is 9.73 Å². The molecule has 2 heterocycles. The van der Waals surface area contributed by atoms with Crippen LogP contribution in [0.5, 0.6) is 0 Å². The molecule has 0 bridgehead atoms. The summed E-state index contributed by atoms with van der Waals surface area (Å²) < 4.78 is 32.1. The molecule has 3 atom stereocenters. The highest BCUT2D eigenvalue weighted by Crippen LogP contribution is 2.51. The van der Waals surface area contributed by atoms with Gasteiger partial charge >= 0.3 is 0 Å². The molecule has 3 aliphatic rings. The van der Waals surface area contributed by atoms with Gasteiger partial charge < -0.3 is 4.74 Å². The normalized spacial score (nSPS) is 32.1. The van der Waals surface area contributed by atoms with E-state index in [-0.39, 0.29) is 29.4 Å². The molecule has 2 fully saturated rings. The maximum absolute atomic E-state index is 13.3. The Hall–Kier alpha value is -0.990. The summed E-state index contributed by atoms with van der Waals surface area (Å²) in [4.78, 5) is 19.9. The number of aliphatic imine (C=N–C) groups is 1.